The molecule has 42 heavy (non-hydrogen) atoms. The topological polar surface area (TPSA) is 83.8 Å². The van der Waals surface area contributed by atoms with Gasteiger partial charge in [-0.05, 0) is 55.1 Å². The van der Waals surface area contributed by atoms with Crippen LogP contribution in [0, 0.1) is 5.82 Å². The minimum Gasteiger partial charge on any atom is -0.508 e. The average Bonchev–Trinajstić information content (AvgIpc) is 3.50. The summed E-state index contributed by atoms with van der Waals surface area (Å²) in [5, 5.41) is 12.5. The standard InChI is InChI=1S/C32H33F2N5O3/c33-21-15-31(7-3-11-39(31)17-21)19-41-30-36-28-25(29(37-30)38-10-4-8-32(18-38)9-12-42-32)16-35-27(26(28)34)24-14-22(40)13-20-5-1-2-6-23(20)24/h1-2,5-6,13-14,16,21,40H,3-4,7-12,15,17-19H2/t21-,31+,32?/m1/s1. The number of halogens is 2. The molecule has 2 aromatic carbocycles. The molecule has 6 heterocycles. The average molecular weight is 574 g/mol. The molecule has 8 rings (SSSR count). The first-order valence-electron chi connectivity index (χ1n) is 14.9. The number of piperidine rings is 1. The number of benzene rings is 2. The molecule has 4 saturated heterocycles. The molecule has 3 atom stereocenters. The molecular formula is C32H33F2N5O3. The highest BCUT2D eigenvalue weighted by Gasteiger charge is 2.49. The summed E-state index contributed by atoms with van der Waals surface area (Å²) in [5.74, 6) is -0.00723. The van der Waals surface area contributed by atoms with E-state index in [-0.39, 0.29) is 40.7 Å². The second-order valence-corrected chi connectivity index (χ2v) is 12.4. The molecule has 4 aliphatic rings. The van der Waals surface area contributed by atoms with Crippen LogP contribution in [0.25, 0.3) is 32.9 Å². The normalized spacial score (nSPS) is 27.6. The maximum absolute atomic E-state index is 16.6. The maximum atomic E-state index is 16.6. The molecule has 218 valence electrons. The molecule has 4 fully saturated rings. The minimum atomic E-state index is -0.878. The van der Waals surface area contributed by atoms with E-state index in [1.165, 1.54) is 6.07 Å². The van der Waals surface area contributed by atoms with Gasteiger partial charge in [0.05, 0.1) is 23.1 Å². The number of rotatable bonds is 5. The number of hydrogen-bond donors (Lipinski definition) is 1. The third kappa shape index (κ3) is 4.18. The second-order valence-electron chi connectivity index (χ2n) is 12.4. The number of phenolic OH excluding ortho intramolecular Hbond substituents is 1. The van der Waals surface area contributed by atoms with Gasteiger partial charge in [-0.25, -0.2) is 8.78 Å². The summed E-state index contributed by atoms with van der Waals surface area (Å²) in [6, 6.07) is 10.8. The van der Waals surface area contributed by atoms with Crippen molar-refractivity contribution >= 4 is 27.5 Å². The van der Waals surface area contributed by atoms with Crippen molar-refractivity contribution in [3.05, 3.63) is 48.4 Å². The first kappa shape index (κ1) is 26.0. The van der Waals surface area contributed by atoms with Gasteiger partial charge in [0, 0.05) is 44.2 Å². The van der Waals surface area contributed by atoms with Crippen molar-refractivity contribution in [1.29, 1.82) is 0 Å². The Kier molecular flexibility index (Phi) is 6.01. The van der Waals surface area contributed by atoms with E-state index in [1.54, 1.807) is 12.3 Å². The van der Waals surface area contributed by atoms with Crippen LogP contribution in [0.4, 0.5) is 14.6 Å². The summed E-state index contributed by atoms with van der Waals surface area (Å²) in [6.07, 6.45) is 5.92. The molecule has 0 aliphatic carbocycles. The fraction of sp³-hybridized carbons (Fsp3) is 0.469. The Morgan fingerprint density at radius 3 is 2.79 bits per heavy atom. The van der Waals surface area contributed by atoms with E-state index in [1.807, 2.05) is 24.3 Å². The monoisotopic (exact) mass is 573 g/mol. The predicted molar refractivity (Wildman–Crippen MR) is 155 cm³/mol. The Labute approximate surface area is 242 Å². The highest BCUT2D eigenvalue weighted by molar-refractivity contribution is 5.99. The van der Waals surface area contributed by atoms with E-state index in [0.29, 0.717) is 36.3 Å². The summed E-state index contributed by atoms with van der Waals surface area (Å²) in [5.41, 5.74) is 0.103. The molecule has 1 unspecified atom stereocenters. The van der Waals surface area contributed by atoms with Gasteiger partial charge in [-0.1, -0.05) is 24.3 Å². The van der Waals surface area contributed by atoms with Crippen LogP contribution in [0.3, 0.4) is 0 Å². The van der Waals surface area contributed by atoms with Gasteiger partial charge in [0.15, 0.2) is 5.82 Å². The van der Waals surface area contributed by atoms with Crippen LogP contribution in [-0.4, -0.2) is 81.7 Å². The van der Waals surface area contributed by atoms with Crippen LogP contribution in [0.5, 0.6) is 11.8 Å². The maximum Gasteiger partial charge on any atom is 0.319 e. The van der Waals surface area contributed by atoms with Crippen LogP contribution in [0.2, 0.25) is 0 Å². The first-order valence-corrected chi connectivity index (χ1v) is 14.9. The fourth-order valence-corrected chi connectivity index (χ4v) is 7.64. The highest BCUT2D eigenvalue weighted by atomic mass is 19.1. The molecular weight excluding hydrogens is 540 g/mol. The Morgan fingerprint density at radius 1 is 1.07 bits per heavy atom. The number of hydrogen-bond acceptors (Lipinski definition) is 8. The Morgan fingerprint density at radius 2 is 1.93 bits per heavy atom. The van der Waals surface area contributed by atoms with Crippen LogP contribution < -0.4 is 9.64 Å². The number of nitrogens with zero attached hydrogens (tertiary/aromatic N) is 5. The van der Waals surface area contributed by atoms with E-state index >= 15 is 4.39 Å². The highest BCUT2D eigenvalue weighted by Crippen LogP contribution is 2.42. The lowest BCUT2D eigenvalue weighted by Crippen LogP contribution is -2.56. The lowest BCUT2D eigenvalue weighted by atomic mass is 9.86. The molecule has 0 amide bonds. The van der Waals surface area contributed by atoms with E-state index in [0.717, 1.165) is 62.6 Å². The molecule has 2 aromatic heterocycles. The lowest BCUT2D eigenvalue weighted by molar-refractivity contribution is -0.151. The first-order chi connectivity index (χ1) is 20.4. The molecule has 8 nitrogen and oxygen atoms in total. The van der Waals surface area contributed by atoms with Crippen molar-refractivity contribution in [2.75, 3.05) is 44.3 Å². The van der Waals surface area contributed by atoms with Gasteiger partial charge in [0.2, 0.25) is 0 Å². The van der Waals surface area contributed by atoms with Gasteiger partial charge in [-0.3, -0.25) is 9.88 Å². The number of alkyl halides is 1. The van der Waals surface area contributed by atoms with Crippen molar-refractivity contribution in [1.82, 2.24) is 19.9 Å². The van der Waals surface area contributed by atoms with Gasteiger partial charge >= 0.3 is 6.01 Å². The molecule has 0 radical (unpaired) electrons. The number of aromatic hydroxyl groups is 1. The summed E-state index contributed by atoms with van der Waals surface area (Å²) in [7, 11) is 0. The van der Waals surface area contributed by atoms with Crippen molar-refractivity contribution in [2.45, 2.75) is 55.8 Å². The predicted octanol–water partition coefficient (Wildman–Crippen LogP) is 5.40. The molecule has 4 aromatic rings. The van der Waals surface area contributed by atoms with Gasteiger partial charge < -0.3 is 19.5 Å². The van der Waals surface area contributed by atoms with Gasteiger partial charge in [0.25, 0.3) is 0 Å². The number of anilines is 1. The minimum absolute atomic E-state index is 0.0274. The number of aromatic nitrogens is 3. The van der Waals surface area contributed by atoms with Crippen LogP contribution in [-0.2, 0) is 4.74 Å². The van der Waals surface area contributed by atoms with Gasteiger partial charge in [-0.2, -0.15) is 9.97 Å². The van der Waals surface area contributed by atoms with Crippen LogP contribution in [0.15, 0.2) is 42.6 Å². The number of phenols is 1. The number of pyridine rings is 1. The largest absolute Gasteiger partial charge is 0.508 e. The van der Waals surface area contributed by atoms with E-state index < -0.39 is 12.0 Å². The second kappa shape index (κ2) is 9.70. The molecule has 0 bridgehead atoms. The molecule has 4 aliphatic heterocycles. The quantitative estimate of drug-likeness (QED) is 0.340. The van der Waals surface area contributed by atoms with E-state index in [4.69, 9.17) is 14.5 Å². The van der Waals surface area contributed by atoms with Gasteiger partial charge in [-0.15, -0.1) is 0 Å². The van der Waals surface area contributed by atoms with Crippen molar-refractivity contribution in [3.8, 4) is 23.0 Å². The summed E-state index contributed by atoms with van der Waals surface area (Å²) in [6.45, 7) is 3.68. The molecule has 1 spiro atoms. The fourth-order valence-electron chi connectivity index (χ4n) is 7.64. The zero-order valence-corrected chi connectivity index (χ0v) is 23.4. The molecule has 10 heteroatoms. The zero-order valence-electron chi connectivity index (χ0n) is 23.4. The zero-order chi connectivity index (χ0) is 28.5. The SMILES string of the molecule is Oc1cc(-c2ncc3c(N4CCCC5(CCO5)C4)nc(OC[C@@]45CCCN4C[C@H](F)C5)nc3c2F)c2ccccc2c1. The van der Waals surface area contributed by atoms with E-state index in [9.17, 15) is 9.50 Å². The Bertz CT molecular complexity index is 1700. The van der Waals surface area contributed by atoms with Crippen molar-refractivity contribution in [3.63, 3.8) is 0 Å². The van der Waals surface area contributed by atoms with Crippen LogP contribution in [0.1, 0.15) is 38.5 Å². The van der Waals surface area contributed by atoms with Crippen molar-refractivity contribution < 1.29 is 23.4 Å². The lowest BCUT2D eigenvalue weighted by Gasteiger charge is -2.48. The Hall–Kier alpha value is -3.63. The summed E-state index contributed by atoms with van der Waals surface area (Å²) in [4.78, 5) is 18.3. The third-order valence-electron chi connectivity index (χ3n) is 9.78. The summed E-state index contributed by atoms with van der Waals surface area (Å²) < 4.78 is 43.3. The van der Waals surface area contributed by atoms with Gasteiger partial charge in [0.1, 0.15) is 35.6 Å². The van der Waals surface area contributed by atoms with E-state index in [2.05, 4.69) is 19.8 Å². The molecule has 0 saturated carbocycles. The molecule has 1 N–H and O–H groups in total. The number of ether oxygens (including phenoxy) is 2. The number of fused-ring (bicyclic) bond motifs is 3. The smallest absolute Gasteiger partial charge is 0.319 e. The van der Waals surface area contributed by atoms with Crippen LogP contribution >= 0.6 is 0 Å². The third-order valence-corrected chi connectivity index (χ3v) is 9.78. The summed E-state index contributed by atoms with van der Waals surface area (Å²) >= 11 is 0. The van der Waals surface area contributed by atoms with Crippen molar-refractivity contribution in [2.24, 2.45) is 0 Å². The Balaban J connectivity index is 1.24.